The van der Waals surface area contributed by atoms with Crippen molar-refractivity contribution < 1.29 is 23.1 Å². The Bertz CT molecular complexity index is 696. The number of hydrogen-bond acceptors (Lipinski definition) is 6. The number of methoxy groups -OCH3 is 1. The number of nitrogens with zero attached hydrogens (tertiary/aromatic N) is 2. The molecule has 1 saturated heterocycles. The van der Waals surface area contributed by atoms with E-state index >= 15 is 0 Å². The fourth-order valence-electron chi connectivity index (χ4n) is 1.44. The fraction of sp³-hybridized carbons (Fsp3) is 0.0769. The number of amidine groups is 1. The number of nitrogens with one attached hydrogen (secondary N) is 1. The molecule has 22 heavy (non-hydrogen) atoms. The molecule has 114 valence electrons. The Balaban J connectivity index is 2.08. The average molecular weight is 325 g/mol. The lowest BCUT2D eigenvalue weighted by atomic mass is 10.2. The maximum Gasteiger partial charge on any atom is 0.331 e. The van der Waals surface area contributed by atoms with Gasteiger partial charge in [-0.1, -0.05) is 0 Å². The Hall–Kier alpha value is -2.55. The number of esters is 1. The number of rotatable bonds is 3. The summed E-state index contributed by atoms with van der Waals surface area (Å²) in [5, 5.41) is 9.83. The molecule has 0 spiro atoms. The summed E-state index contributed by atoms with van der Waals surface area (Å²) in [6.45, 7) is 0. The highest BCUT2D eigenvalue weighted by Gasteiger charge is 2.24. The number of benzene rings is 1. The van der Waals surface area contributed by atoms with E-state index in [2.05, 4.69) is 20.3 Å². The van der Waals surface area contributed by atoms with Crippen LogP contribution >= 0.6 is 11.8 Å². The van der Waals surface area contributed by atoms with Crippen molar-refractivity contribution in [3.8, 4) is 0 Å². The van der Waals surface area contributed by atoms with Crippen LogP contribution in [0.1, 0.15) is 5.56 Å². The Labute approximate surface area is 127 Å². The first kappa shape index (κ1) is 15.8. The summed E-state index contributed by atoms with van der Waals surface area (Å²) in [5.74, 6) is -2.65. The second-order valence-corrected chi connectivity index (χ2v) is 4.97. The SMILES string of the molecule is COC(=O)/C=C1/S/C(=N\N=Cc2cc(F)cc(F)c2)NC1=O. The zero-order valence-electron chi connectivity index (χ0n) is 11.2. The van der Waals surface area contributed by atoms with E-state index in [0.717, 1.165) is 42.3 Å². The van der Waals surface area contributed by atoms with Gasteiger partial charge in [0, 0.05) is 17.7 Å². The molecule has 0 saturated carbocycles. The minimum Gasteiger partial charge on any atom is -0.466 e. The van der Waals surface area contributed by atoms with Gasteiger partial charge in [0.15, 0.2) is 5.17 Å². The minimum absolute atomic E-state index is 0.109. The second kappa shape index (κ2) is 6.94. The van der Waals surface area contributed by atoms with Crippen LogP contribution in [-0.4, -0.2) is 30.4 Å². The van der Waals surface area contributed by atoms with Crippen LogP contribution in [0, 0.1) is 11.6 Å². The third kappa shape index (κ3) is 4.22. The Morgan fingerprint density at radius 1 is 1.32 bits per heavy atom. The highest BCUT2D eigenvalue weighted by molar-refractivity contribution is 8.18. The molecule has 1 aromatic carbocycles. The van der Waals surface area contributed by atoms with E-state index in [0.29, 0.717) is 0 Å². The lowest BCUT2D eigenvalue weighted by Gasteiger charge is -1.94. The van der Waals surface area contributed by atoms with Crippen LogP contribution in [0.15, 0.2) is 39.4 Å². The second-order valence-electron chi connectivity index (χ2n) is 3.94. The maximum atomic E-state index is 13.0. The lowest BCUT2D eigenvalue weighted by molar-refractivity contribution is -0.135. The molecule has 1 aliphatic rings. The van der Waals surface area contributed by atoms with Gasteiger partial charge in [-0.3, -0.25) is 10.1 Å². The van der Waals surface area contributed by atoms with Crippen molar-refractivity contribution in [1.29, 1.82) is 0 Å². The van der Waals surface area contributed by atoms with Crippen molar-refractivity contribution in [2.45, 2.75) is 0 Å². The maximum absolute atomic E-state index is 13.0. The summed E-state index contributed by atoms with van der Waals surface area (Å²) in [5.41, 5.74) is 0.182. The van der Waals surface area contributed by atoms with Crippen molar-refractivity contribution in [2.24, 2.45) is 10.2 Å². The van der Waals surface area contributed by atoms with Crippen molar-refractivity contribution in [2.75, 3.05) is 7.11 Å². The van der Waals surface area contributed by atoms with Gasteiger partial charge in [-0.15, -0.1) is 5.10 Å². The van der Waals surface area contributed by atoms with Gasteiger partial charge in [-0.05, 0) is 23.9 Å². The number of amides is 1. The highest BCUT2D eigenvalue weighted by atomic mass is 32.2. The van der Waals surface area contributed by atoms with E-state index in [4.69, 9.17) is 0 Å². The van der Waals surface area contributed by atoms with E-state index in [9.17, 15) is 18.4 Å². The number of thioether (sulfide) groups is 1. The Kier molecular flexibility index (Phi) is 4.99. The molecule has 0 unspecified atom stereocenters. The highest BCUT2D eigenvalue weighted by Crippen LogP contribution is 2.23. The van der Waals surface area contributed by atoms with Crippen LogP contribution in [0.5, 0.6) is 0 Å². The first-order valence-corrected chi connectivity index (χ1v) is 6.65. The quantitative estimate of drug-likeness (QED) is 0.396. The molecule has 6 nitrogen and oxygen atoms in total. The summed E-state index contributed by atoms with van der Waals surface area (Å²) in [6, 6.07) is 2.89. The zero-order valence-corrected chi connectivity index (χ0v) is 12.0. The van der Waals surface area contributed by atoms with Crippen molar-refractivity contribution in [1.82, 2.24) is 5.32 Å². The monoisotopic (exact) mass is 325 g/mol. The van der Waals surface area contributed by atoms with Gasteiger partial charge in [0.25, 0.3) is 5.91 Å². The molecule has 1 N–H and O–H groups in total. The van der Waals surface area contributed by atoms with Crippen LogP contribution in [0.4, 0.5) is 8.78 Å². The molecule has 0 atom stereocenters. The van der Waals surface area contributed by atoms with E-state index in [1.54, 1.807) is 0 Å². The Morgan fingerprint density at radius 3 is 2.64 bits per heavy atom. The number of carbonyl (C=O) groups is 2. The normalized spacial score (nSPS) is 18.2. The summed E-state index contributed by atoms with van der Waals surface area (Å²) < 4.78 is 30.3. The molecule has 0 aromatic heterocycles. The third-order valence-corrected chi connectivity index (χ3v) is 3.24. The van der Waals surface area contributed by atoms with E-state index < -0.39 is 23.5 Å². The third-order valence-electron chi connectivity index (χ3n) is 2.34. The minimum atomic E-state index is -0.735. The summed E-state index contributed by atoms with van der Waals surface area (Å²) in [6.07, 6.45) is 2.15. The first-order chi connectivity index (χ1) is 10.5. The molecule has 0 bridgehead atoms. The molecule has 0 aliphatic carbocycles. The van der Waals surface area contributed by atoms with Crippen LogP contribution in [-0.2, 0) is 14.3 Å². The van der Waals surface area contributed by atoms with Gasteiger partial charge in [0.2, 0.25) is 0 Å². The van der Waals surface area contributed by atoms with Crippen LogP contribution < -0.4 is 5.32 Å². The van der Waals surface area contributed by atoms with Gasteiger partial charge in [-0.25, -0.2) is 13.6 Å². The molecular formula is C13H9F2N3O3S. The van der Waals surface area contributed by atoms with Gasteiger partial charge in [0.05, 0.1) is 18.2 Å². The summed E-state index contributed by atoms with van der Waals surface area (Å²) >= 11 is 0.892. The van der Waals surface area contributed by atoms with Crippen LogP contribution in [0.2, 0.25) is 0 Å². The molecule has 1 amide bonds. The molecule has 1 fully saturated rings. The smallest absolute Gasteiger partial charge is 0.331 e. The summed E-state index contributed by atoms with van der Waals surface area (Å²) in [7, 11) is 1.19. The largest absolute Gasteiger partial charge is 0.466 e. The van der Waals surface area contributed by atoms with Gasteiger partial charge < -0.3 is 4.74 Å². The number of halogens is 2. The molecular weight excluding hydrogens is 316 g/mol. The van der Waals surface area contributed by atoms with Gasteiger partial charge in [0.1, 0.15) is 11.6 Å². The van der Waals surface area contributed by atoms with Crippen molar-refractivity contribution >= 4 is 35.0 Å². The van der Waals surface area contributed by atoms with E-state index in [-0.39, 0.29) is 15.6 Å². The number of hydrogen-bond donors (Lipinski definition) is 1. The fourth-order valence-corrected chi connectivity index (χ4v) is 2.18. The zero-order chi connectivity index (χ0) is 16.1. The standard InChI is InChI=1S/C13H9F2N3O3S/c1-21-11(19)5-10-12(20)17-13(22-10)18-16-6-7-2-8(14)4-9(15)3-7/h2-6H,1H3,(H,17,18,20)/b10-5+,16-6?. The lowest BCUT2D eigenvalue weighted by Crippen LogP contribution is -2.19. The number of carbonyl (C=O) groups excluding carboxylic acids is 2. The van der Waals surface area contributed by atoms with E-state index in [1.165, 1.54) is 7.11 Å². The molecule has 1 aliphatic heterocycles. The van der Waals surface area contributed by atoms with Crippen molar-refractivity contribution in [3.05, 3.63) is 46.4 Å². The molecule has 1 heterocycles. The Morgan fingerprint density at radius 2 is 2.00 bits per heavy atom. The number of ether oxygens (including phenoxy) is 1. The van der Waals surface area contributed by atoms with Gasteiger partial charge >= 0.3 is 5.97 Å². The molecule has 2 rings (SSSR count). The molecule has 9 heteroatoms. The van der Waals surface area contributed by atoms with Crippen molar-refractivity contribution in [3.63, 3.8) is 0 Å². The van der Waals surface area contributed by atoms with Gasteiger partial charge in [-0.2, -0.15) is 5.10 Å². The van der Waals surface area contributed by atoms with E-state index in [1.807, 2.05) is 0 Å². The predicted octanol–water partition coefficient (Wildman–Crippen LogP) is 1.57. The molecule has 0 radical (unpaired) electrons. The topological polar surface area (TPSA) is 80.1 Å². The average Bonchev–Trinajstić information content (AvgIpc) is 2.78. The first-order valence-electron chi connectivity index (χ1n) is 5.84. The molecule has 1 aromatic rings. The van der Waals surface area contributed by atoms with Crippen LogP contribution in [0.25, 0.3) is 0 Å². The predicted molar refractivity (Wildman–Crippen MR) is 77.2 cm³/mol. The van der Waals surface area contributed by atoms with Crippen LogP contribution in [0.3, 0.4) is 0 Å². The summed E-state index contributed by atoms with van der Waals surface area (Å²) in [4.78, 5) is 22.7.